The molecule has 3 aromatic rings. The van der Waals surface area contributed by atoms with Gasteiger partial charge in [-0.1, -0.05) is 0 Å². The van der Waals surface area contributed by atoms with E-state index in [2.05, 4.69) is 19.9 Å². The molecule has 0 amide bonds. The fourth-order valence-electron chi connectivity index (χ4n) is 4.32. The third-order valence-corrected chi connectivity index (χ3v) is 5.64. The molecule has 1 aliphatic heterocycles. The maximum Gasteiger partial charge on any atom is 0.267 e. The zero-order valence-electron chi connectivity index (χ0n) is 14.7. The Hall–Kier alpha value is -2.70. The van der Waals surface area contributed by atoms with Crippen LogP contribution in [-0.4, -0.2) is 37.3 Å². The molecule has 0 saturated carbocycles. The number of aryl methyl sites for hydroxylation is 2. The van der Waals surface area contributed by atoms with Crippen LogP contribution in [0.1, 0.15) is 36.9 Å². The highest BCUT2D eigenvalue weighted by molar-refractivity contribution is 5.87. The summed E-state index contributed by atoms with van der Waals surface area (Å²) in [5, 5.41) is 5.73. The molecular weight excluding hydrogens is 328 g/mol. The Bertz CT molecular complexity index is 1010. The molecule has 134 valence electrons. The van der Waals surface area contributed by atoms with Gasteiger partial charge in [0.1, 0.15) is 17.8 Å². The average Bonchev–Trinajstić information content (AvgIpc) is 3.31. The van der Waals surface area contributed by atoms with E-state index >= 15 is 0 Å². The molecule has 3 aromatic heterocycles. The third kappa shape index (κ3) is 2.58. The number of anilines is 1. The normalized spacial score (nSPS) is 19.8. The average molecular weight is 350 g/mol. The smallest absolute Gasteiger partial charge is 0.267 e. The van der Waals surface area contributed by atoms with E-state index in [0.29, 0.717) is 6.54 Å². The van der Waals surface area contributed by atoms with Crippen molar-refractivity contribution >= 4 is 16.9 Å². The van der Waals surface area contributed by atoms with Gasteiger partial charge in [-0.05, 0) is 50.2 Å². The van der Waals surface area contributed by atoms with Gasteiger partial charge in [-0.2, -0.15) is 5.10 Å². The van der Waals surface area contributed by atoms with Gasteiger partial charge < -0.3 is 9.88 Å². The van der Waals surface area contributed by atoms with Gasteiger partial charge in [0.25, 0.3) is 5.56 Å². The molecule has 0 aromatic carbocycles. The second kappa shape index (κ2) is 6.23. The van der Waals surface area contributed by atoms with Gasteiger partial charge in [-0.15, -0.1) is 0 Å². The molecule has 7 nitrogen and oxygen atoms in total. The first kappa shape index (κ1) is 15.5. The van der Waals surface area contributed by atoms with Crippen LogP contribution in [0.15, 0.2) is 29.5 Å². The van der Waals surface area contributed by atoms with Gasteiger partial charge >= 0.3 is 0 Å². The first-order valence-electron chi connectivity index (χ1n) is 9.44. The molecule has 1 unspecified atom stereocenters. The van der Waals surface area contributed by atoms with Gasteiger partial charge in [-0.25, -0.2) is 14.6 Å². The number of fused-ring (bicyclic) bond motifs is 2. The van der Waals surface area contributed by atoms with E-state index in [1.54, 1.807) is 17.1 Å². The Balaban J connectivity index is 1.47. The number of hydrogen-bond acceptors (Lipinski definition) is 5. The van der Waals surface area contributed by atoms with Gasteiger partial charge in [0.2, 0.25) is 0 Å². The molecule has 0 radical (unpaired) electrons. The number of aromatic amines is 1. The van der Waals surface area contributed by atoms with Crippen molar-refractivity contribution in [2.75, 3.05) is 11.4 Å². The quantitative estimate of drug-likeness (QED) is 0.782. The van der Waals surface area contributed by atoms with Gasteiger partial charge in [-0.3, -0.25) is 4.79 Å². The molecule has 0 spiro atoms. The van der Waals surface area contributed by atoms with Crippen LogP contribution in [0.25, 0.3) is 11.0 Å². The maximum absolute atomic E-state index is 12.5. The number of nitrogens with zero attached hydrogens (tertiary/aromatic N) is 5. The third-order valence-electron chi connectivity index (χ3n) is 5.64. The lowest BCUT2D eigenvalue weighted by Crippen LogP contribution is -2.38. The number of rotatable bonds is 3. The van der Waals surface area contributed by atoms with Gasteiger partial charge in [0.15, 0.2) is 0 Å². The molecule has 2 aliphatic rings. The number of aromatic nitrogens is 5. The summed E-state index contributed by atoms with van der Waals surface area (Å²) >= 11 is 0. The van der Waals surface area contributed by atoms with Crippen molar-refractivity contribution < 1.29 is 0 Å². The van der Waals surface area contributed by atoms with E-state index in [9.17, 15) is 4.79 Å². The van der Waals surface area contributed by atoms with Crippen LogP contribution in [0.5, 0.6) is 0 Å². The Morgan fingerprint density at radius 3 is 3.08 bits per heavy atom. The van der Waals surface area contributed by atoms with Crippen LogP contribution in [0.3, 0.4) is 0 Å². The van der Waals surface area contributed by atoms with Crippen LogP contribution < -0.4 is 10.5 Å². The second-order valence-corrected chi connectivity index (χ2v) is 7.27. The molecule has 1 saturated heterocycles. The van der Waals surface area contributed by atoms with Crippen LogP contribution in [0.2, 0.25) is 0 Å². The minimum absolute atomic E-state index is 0.0204. The molecule has 1 fully saturated rings. The maximum atomic E-state index is 12.5. The highest BCUT2D eigenvalue weighted by Gasteiger charge is 2.28. The van der Waals surface area contributed by atoms with E-state index in [0.717, 1.165) is 66.8 Å². The van der Waals surface area contributed by atoms with E-state index in [4.69, 9.17) is 5.10 Å². The summed E-state index contributed by atoms with van der Waals surface area (Å²) in [5.41, 5.74) is 3.12. The summed E-state index contributed by atoms with van der Waals surface area (Å²) in [6, 6.07) is 4.05. The standard InChI is InChI=1S/C19H22N6O/c26-17-10-13-4-1-2-6-16(13)23-25(17)11-14-5-3-9-24(14)19-15-7-8-20-18(15)21-12-22-19/h7-8,10,12,14H,1-6,9,11H2,(H,20,21,22). The van der Waals surface area contributed by atoms with Crippen molar-refractivity contribution in [2.45, 2.75) is 51.1 Å². The highest BCUT2D eigenvalue weighted by atomic mass is 16.1. The summed E-state index contributed by atoms with van der Waals surface area (Å²) in [7, 11) is 0. The summed E-state index contributed by atoms with van der Waals surface area (Å²) < 4.78 is 1.67. The molecule has 4 heterocycles. The van der Waals surface area contributed by atoms with Gasteiger partial charge in [0.05, 0.1) is 23.7 Å². The zero-order chi connectivity index (χ0) is 17.5. The van der Waals surface area contributed by atoms with E-state index < -0.39 is 0 Å². The van der Waals surface area contributed by atoms with E-state index in [1.807, 2.05) is 12.3 Å². The van der Waals surface area contributed by atoms with E-state index in [1.165, 1.54) is 6.42 Å². The molecule has 7 heteroatoms. The molecule has 1 atom stereocenters. The largest absolute Gasteiger partial charge is 0.351 e. The predicted octanol–water partition coefficient (Wildman–Crippen LogP) is 2.06. The minimum atomic E-state index is 0.0204. The molecule has 5 rings (SSSR count). The summed E-state index contributed by atoms with van der Waals surface area (Å²) in [6.45, 7) is 1.56. The monoisotopic (exact) mass is 350 g/mol. The highest BCUT2D eigenvalue weighted by Crippen LogP contribution is 2.29. The van der Waals surface area contributed by atoms with Crippen molar-refractivity contribution in [3.63, 3.8) is 0 Å². The predicted molar refractivity (Wildman–Crippen MR) is 99.4 cm³/mol. The fraction of sp³-hybridized carbons (Fsp3) is 0.474. The Morgan fingerprint density at radius 2 is 2.12 bits per heavy atom. The number of nitrogens with one attached hydrogen (secondary N) is 1. The lowest BCUT2D eigenvalue weighted by atomic mass is 9.97. The summed E-state index contributed by atoms with van der Waals surface area (Å²) in [6.07, 6.45) is 9.94. The Labute approximate surface area is 151 Å². The van der Waals surface area contributed by atoms with Crippen molar-refractivity contribution in [3.8, 4) is 0 Å². The topological polar surface area (TPSA) is 79.7 Å². The first-order valence-corrected chi connectivity index (χ1v) is 9.44. The molecule has 0 bridgehead atoms. The molecule has 1 aliphatic carbocycles. The summed E-state index contributed by atoms with van der Waals surface area (Å²) in [4.78, 5) is 26.8. The van der Waals surface area contributed by atoms with Crippen LogP contribution >= 0.6 is 0 Å². The molecular formula is C19H22N6O. The van der Waals surface area contributed by atoms with Crippen molar-refractivity contribution in [2.24, 2.45) is 0 Å². The van der Waals surface area contributed by atoms with Crippen molar-refractivity contribution in [1.82, 2.24) is 24.7 Å². The van der Waals surface area contributed by atoms with E-state index in [-0.39, 0.29) is 11.6 Å². The van der Waals surface area contributed by atoms with Gasteiger partial charge in [0, 0.05) is 18.8 Å². The van der Waals surface area contributed by atoms with Crippen molar-refractivity contribution in [1.29, 1.82) is 0 Å². The van der Waals surface area contributed by atoms with Crippen LogP contribution in [0, 0.1) is 0 Å². The lowest BCUT2D eigenvalue weighted by molar-refractivity contribution is 0.472. The minimum Gasteiger partial charge on any atom is -0.351 e. The number of H-pyrrole nitrogens is 1. The molecule has 26 heavy (non-hydrogen) atoms. The number of hydrogen-bond donors (Lipinski definition) is 1. The molecule has 1 N–H and O–H groups in total. The van der Waals surface area contributed by atoms with Crippen LogP contribution in [-0.2, 0) is 19.4 Å². The second-order valence-electron chi connectivity index (χ2n) is 7.27. The van der Waals surface area contributed by atoms with Crippen LogP contribution in [0.4, 0.5) is 5.82 Å². The Kier molecular flexibility index (Phi) is 3.72. The SMILES string of the molecule is O=c1cc2c(nn1CC1CCCN1c1ncnc3[nH]ccc13)CCCC2. The lowest BCUT2D eigenvalue weighted by Gasteiger charge is -2.26. The van der Waals surface area contributed by atoms with Crippen molar-refractivity contribution in [3.05, 3.63) is 46.3 Å². The first-order chi connectivity index (χ1) is 12.8. The Morgan fingerprint density at radius 1 is 1.19 bits per heavy atom. The summed E-state index contributed by atoms with van der Waals surface area (Å²) in [5.74, 6) is 0.949. The fourth-order valence-corrected chi connectivity index (χ4v) is 4.32. The zero-order valence-corrected chi connectivity index (χ0v) is 14.7.